The second-order valence-corrected chi connectivity index (χ2v) is 1.30. The summed E-state index contributed by atoms with van der Waals surface area (Å²) in [5.41, 5.74) is 7.50. The smallest absolute Gasteiger partial charge is 0.0243 e. The van der Waals surface area contributed by atoms with E-state index in [4.69, 9.17) is 5.73 Å². The highest BCUT2D eigenvalue weighted by Gasteiger charge is 1.69. The maximum absolute atomic E-state index is 6.84. The Kier molecular flexibility index (Phi) is 2.55. The van der Waals surface area contributed by atoms with Crippen molar-refractivity contribution in [3.05, 3.63) is 11.8 Å². The minimum Gasteiger partial charge on any atom is -0.306 e. The minimum atomic E-state index is 0.664. The summed E-state index contributed by atoms with van der Waals surface area (Å²) in [7, 11) is 0. The van der Waals surface area contributed by atoms with E-state index in [9.17, 15) is 0 Å². The van der Waals surface area contributed by atoms with Crippen molar-refractivity contribution < 1.29 is 0 Å². The summed E-state index contributed by atoms with van der Waals surface area (Å²) in [4.78, 5) is 0. The van der Waals surface area contributed by atoms with Gasteiger partial charge in [-0.1, -0.05) is 13.0 Å². The molecule has 0 aromatic carbocycles. The van der Waals surface area contributed by atoms with Crippen LogP contribution in [0.3, 0.4) is 0 Å². The second kappa shape index (κ2) is 2.76. The Balaban J connectivity index is 3.14. The lowest BCUT2D eigenvalue weighted by Crippen LogP contribution is -1.69. The Bertz CT molecular complexity index is 51.0. The van der Waals surface area contributed by atoms with Gasteiger partial charge in [0.05, 0.1) is 0 Å². The summed E-state index contributed by atoms with van der Waals surface area (Å²) in [6, 6.07) is 0. The third-order valence-electron chi connectivity index (χ3n) is 0.510. The van der Waals surface area contributed by atoms with Gasteiger partial charge in [0.25, 0.3) is 0 Å². The zero-order valence-electron chi connectivity index (χ0n) is 4.28. The number of nitrogens with one attached hydrogen (secondary N) is 1. The van der Waals surface area contributed by atoms with Crippen LogP contribution in [0, 0.1) is 0 Å². The van der Waals surface area contributed by atoms with Crippen LogP contribution >= 0.6 is 0 Å². The van der Waals surface area contributed by atoms with Gasteiger partial charge in [-0.2, -0.15) is 0 Å². The molecule has 0 saturated heterocycles. The second-order valence-electron chi connectivity index (χ2n) is 1.30. The molecule has 0 aliphatic heterocycles. The summed E-state index contributed by atoms with van der Waals surface area (Å²) < 4.78 is 0. The number of hydrogen-bond acceptors (Lipinski definition) is 0. The highest BCUT2D eigenvalue weighted by Crippen LogP contribution is 1.84. The first kappa shape index (κ1) is 5.54. The molecule has 0 fully saturated rings. The third kappa shape index (κ3) is 3.54. The fourth-order valence-corrected chi connectivity index (χ4v) is 0.306. The van der Waals surface area contributed by atoms with Gasteiger partial charge in [0, 0.05) is 5.70 Å². The Hall–Kier alpha value is -0.460. The Morgan fingerprint density at radius 1 is 1.83 bits per heavy atom. The van der Waals surface area contributed by atoms with E-state index in [-0.39, 0.29) is 0 Å². The molecule has 0 aliphatic carbocycles. The van der Waals surface area contributed by atoms with E-state index in [1.807, 2.05) is 13.0 Å². The number of rotatable bonds is 1. The maximum Gasteiger partial charge on any atom is 0.0243 e. The highest BCUT2D eigenvalue weighted by molar-refractivity contribution is 4.88. The van der Waals surface area contributed by atoms with Gasteiger partial charge < -0.3 is 5.73 Å². The van der Waals surface area contributed by atoms with E-state index >= 15 is 0 Å². The van der Waals surface area contributed by atoms with Gasteiger partial charge in [-0.25, -0.2) is 0 Å². The van der Waals surface area contributed by atoms with Gasteiger partial charge in [-0.3, -0.25) is 0 Å². The Labute approximate surface area is 38.8 Å². The molecule has 1 N–H and O–H groups in total. The molecule has 0 unspecified atom stereocenters. The topological polar surface area (TPSA) is 23.8 Å². The first-order valence-electron chi connectivity index (χ1n) is 2.15. The van der Waals surface area contributed by atoms with Crippen LogP contribution in [0.2, 0.25) is 0 Å². The third-order valence-corrected chi connectivity index (χ3v) is 0.510. The molecular formula is C5H10N. The summed E-state index contributed by atoms with van der Waals surface area (Å²) in [6.45, 7) is 3.81. The van der Waals surface area contributed by atoms with E-state index in [0.717, 1.165) is 6.42 Å². The normalized spacial score (nSPS) is 12.0. The molecule has 1 radical (unpaired) electrons. The van der Waals surface area contributed by atoms with Crippen molar-refractivity contribution in [2.75, 3.05) is 0 Å². The molecular weight excluding hydrogens is 74.1 g/mol. The van der Waals surface area contributed by atoms with Crippen molar-refractivity contribution in [1.82, 2.24) is 5.73 Å². The Morgan fingerprint density at radius 2 is 2.33 bits per heavy atom. The Morgan fingerprint density at radius 3 is 2.33 bits per heavy atom. The zero-order chi connectivity index (χ0) is 4.99. The van der Waals surface area contributed by atoms with Crippen molar-refractivity contribution in [2.45, 2.75) is 20.3 Å². The van der Waals surface area contributed by atoms with Crippen LogP contribution in [0.5, 0.6) is 0 Å². The first-order chi connectivity index (χ1) is 2.77. The molecule has 0 saturated carbocycles. The molecule has 0 spiro atoms. The molecule has 1 nitrogen and oxygen atoms in total. The zero-order valence-corrected chi connectivity index (χ0v) is 4.28. The summed E-state index contributed by atoms with van der Waals surface area (Å²) in [6.07, 6.45) is 2.86. The first-order valence-corrected chi connectivity index (χ1v) is 2.15. The fourth-order valence-electron chi connectivity index (χ4n) is 0.306. The lowest BCUT2D eigenvalue weighted by molar-refractivity contribution is 1.14. The molecule has 0 amide bonds. The van der Waals surface area contributed by atoms with E-state index in [1.54, 1.807) is 6.92 Å². The van der Waals surface area contributed by atoms with Crippen LogP contribution < -0.4 is 5.73 Å². The standard InChI is InChI=1S/C5H10N/c1-3-4-5(2)6/h4,6H,3H2,1-2H3/b5-4+. The molecule has 0 aromatic rings. The van der Waals surface area contributed by atoms with Gasteiger partial charge >= 0.3 is 0 Å². The molecule has 0 heterocycles. The summed E-state index contributed by atoms with van der Waals surface area (Å²) >= 11 is 0. The van der Waals surface area contributed by atoms with Crippen LogP contribution in [0.15, 0.2) is 11.8 Å². The van der Waals surface area contributed by atoms with Crippen molar-refractivity contribution in [3.8, 4) is 0 Å². The van der Waals surface area contributed by atoms with Gasteiger partial charge in [-0.05, 0) is 13.3 Å². The van der Waals surface area contributed by atoms with Crippen LogP contribution in [0.1, 0.15) is 20.3 Å². The van der Waals surface area contributed by atoms with Crippen LogP contribution in [-0.4, -0.2) is 0 Å². The largest absolute Gasteiger partial charge is 0.306 e. The van der Waals surface area contributed by atoms with E-state index in [1.165, 1.54) is 0 Å². The average Bonchev–Trinajstić information content (AvgIpc) is 1.35. The molecule has 0 aromatic heterocycles. The van der Waals surface area contributed by atoms with Crippen molar-refractivity contribution in [3.63, 3.8) is 0 Å². The lowest BCUT2D eigenvalue weighted by atomic mass is 10.4. The predicted molar refractivity (Wildman–Crippen MR) is 27.1 cm³/mol. The summed E-state index contributed by atoms with van der Waals surface area (Å²) in [5, 5.41) is 0. The predicted octanol–water partition coefficient (Wildman–Crippen LogP) is 1.58. The molecule has 6 heavy (non-hydrogen) atoms. The van der Waals surface area contributed by atoms with Gasteiger partial charge in [-0.15, -0.1) is 0 Å². The van der Waals surface area contributed by atoms with Crippen molar-refractivity contribution in [2.24, 2.45) is 0 Å². The molecule has 0 rings (SSSR count). The molecule has 1 heteroatoms. The van der Waals surface area contributed by atoms with Gasteiger partial charge in [0.2, 0.25) is 0 Å². The summed E-state index contributed by atoms with van der Waals surface area (Å²) in [5.74, 6) is 0. The van der Waals surface area contributed by atoms with E-state index in [0.29, 0.717) is 5.70 Å². The molecule has 0 aliphatic rings. The quantitative estimate of drug-likeness (QED) is 0.460. The number of allylic oxidation sites excluding steroid dienone is 2. The van der Waals surface area contributed by atoms with Crippen molar-refractivity contribution >= 4 is 0 Å². The molecule has 0 atom stereocenters. The van der Waals surface area contributed by atoms with Gasteiger partial charge in [0.1, 0.15) is 0 Å². The SMILES string of the molecule is CC/C=C(\C)[NH]. The fraction of sp³-hybridized carbons (Fsp3) is 0.600. The number of hydrogen-bond donors (Lipinski definition) is 0. The minimum absolute atomic E-state index is 0.664. The van der Waals surface area contributed by atoms with Crippen LogP contribution in [0.4, 0.5) is 0 Å². The molecule has 0 bridgehead atoms. The maximum atomic E-state index is 6.84. The monoisotopic (exact) mass is 84.1 g/mol. The van der Waals surface area contributed by atoms with Crippen LogP contribution in [-0.2, 0) is 0 Å². The highest BCUT2D eigenvalue weighted by atomic mass is 14.5. The van der Waals surface area contributed by atoms with E-state index < -0.39 is 0 Å². The van der Waals surface area contributed by atoms with E-state index in [2.05, 4.69) is 0 Å². The van der Waals surface area contributed by atoms with Crippen molar-refractivity contribution in [1.29, 1.82) is 0 Å². The lowest BCUT2D eigenvalue weighted by Gasteiger charge is -1.79. The van der Waals surface area contributed by atoms with Crippen LogP contribution in [0.25, 0.3) is 0 Å². The molecule has 35 valence electrons. The average molecular weight is 84.1 g/mol. The van der Waals surface area contributed by atoms with Gasteiger partial charge in [0.15, 0.2) is 0 Å².